The number of hydrogen-bond acceptors (Lipinski definition) is 2. The van der Waals surface area contributed by atoms with E-state index >= 15 is 0 Å². The van der Waals surface area contributed by atoms with E-state index in [1.807, 2.05) is 6.20 Å². The van der Waals surface area contributed by atoms with Gasteiger partial charge in [-0.3, -0.25) is 9.89 Å². The molecule has 0 aliphatic heterocycles. The summed E-state index contributed by atoms with van der Waals surface area (Å²) < 4.78 is 13.5. The number of rotatable bonds is 8. The van der Waals surface area contributed by atoms with Crippen LogP contribution >= 0.6 is 0 Å². The van der Waals surface area contributed by atoms with Crippen LogP contribution in [0.3, 0.4) is 0 Å². The van der Waals surface area contributed by atoms with Crippen molar-refractivity contribution in [3.63, 3.8) is 0 Å². The van der Waals surface area contributed by atoms with Gasteiger partial charge in [0.1, 0.15) is 5.82 Å². The summed E-state index contributed by atoms with van der Waals surface area (Å²) in [5.41, 5.74) is 2.09. The summed E-state index contributed by atoms with van der Waals surface area (Å²) in [5, 5.41) is 7.64. The lowest BCUT2D eigenvalue weighted by atomic mass is 10.1. The van der Waals surface area contributed by atoms with Crippen LogP contribution in [0.5, 0.6) is 0 Å². The first-order valence-corrected chi connectivity index (χ1v) is 9.58. The van der Waals surface area contributed by atoms with Gasteiger partial charge in [-0.15, -0.1) is 0 Å². The SMILES string of the molecule is CCNC(=NCC(C)N(C)C1CC1)NCCc1c[nH]c2ccc(F)cc12. The van der Waals surface area contributed by atoms with Crippen LogP contribution in [0.2, 0.25) is 0 Å². The first kappa shape index (κ1) is 18.7. The Labute approximate surface area is 155 Å². The molecule has 1 aromatic carbocycles. The zero-order valence-corrected chi connectivity index (χ0v) is 16.0. The van der Waals surface area contributed by atoms with Crippen molar-refractivity contribution in [2.24, 2.45) is 4.99 Å². The van der Waals surface area contributed by atoms with Crippen LogP contribution in [0.1, 0.15) is 32.3 Å². The first-order valence-electron chi connectivity index (χ1n) is 9.58. The quantitative estimate of drug-likeness (QED) is 0.502. The van der Waals surface area contributed by atoms with E-state index in [9.17, 15) is 4.39 Å². The maximum atomic E-state index is 13.5. The summed E-state index contributed by atoms with van der Waals surface area (Å²) >= 11 is 0. The predicted molar refractivity (Wildman–Crippen MR) is 106 cm³/mol. The largest absolute Gasteiger partial charge is 0.361 e. The number of fused-ring (bicyclic) bond motifs is 1. The highest BCUT2D eigenvalue weighted by atomic mass is 19.1. The Balaban J connectivity index is 1.54. The molecule has 1 aliphatic rings. The molecule has 26 heavy (non-hydrogen) atoms. The summed E-state index contributed by atoms with van der Waals surface area (Å²) in [4.78, 5) is 10.4. The number of nitrogens with zero attached hydrogens (tertiary/aromatic N) is 2. The Morgan fingerprint density at radius 2 is 2.19 bits per heavy atom. The van der Waals surface area contributed by atoms with Gasteiger partial charge in [0.2, 0.25) is 0 Å². The van der Waals surface area contributed by atoms with Crippen LogP contribution in [0.15, 0.2) is 29.4 Å². The number of nitrogens with one attached hydrogen (secondary N) is 3. The van der Waals surface area contributed by atoms with E-state index in [-0.39, 0.29) is 5.82 Å². The minimum Gasteiger partial charge on any atom is -0.361 e. The van der Waals surface area contributed by atoms with Crippen LogP contribution in [-0.2, 0) is 6.42 Å². The van der Waals surface area contributed by atoms with Gasteiger partial charge in [0, 0.05) is 42.3 Å². The summed E-state index contributed by atoms with van der Waals surface area (Å²) in [6.07, 6.45) is 5.40. The average molecular weight is 359 g/mol. The van der Waals surface area contributed by atoms with E-state index < -0.39 is 0 Å². The van der Waals surface area contributed by atoms with Crippen molar-refractivity contribution in [2.45, 2.75) is 45.2 Å². The first-order chi connectivity index (χ1) is 12.6. The van der Waals surface area contributed by atoms with Gasteiger partial charge in [-0.25, -0.2) is 4.39 Å². The van der Waals surface area contributed by atoms with E-state index in [0.717, 1.165) is 54.5 Å². The number of aliphatic imine (C=N–C) groups is 1. The maximum Gasteiger partial charge on any atom is 0.191 e. The van der Waals surface area contributed by atoms with Crippen molar-refractivity contribution >= 4 is 16.9 Å². The van der Waals surface area contributed by atoms with Crippen LogP contribution in [0.25, 0.3) is 10.9 Å². The number of benzene rings is 1. The zero-order chi connectivity index (χ0) is 18.5. The topological polar surface area (TPSA) is 55.5 Å². The van der Waals surface area contributed by atoms with Crippen molar-refractivity contribution < 1.29 is 4.39 Å². The molecule has 2 aromatic rings. The standard InChI is InChI=1S/C20H30FN5/c1-4-22-20(25-12-14(2)26(3)17-6-7-17)23-10-9-15-13-24-19-8-5-16(21)11-18(15)19/h5,8,11,13-14,17,24H,4,6-7,9-10,12H2,1-3H3,(H2,22,23,25). The summed E-state index contributed by atoms with van der Waals surface area (Å²) in [6, 6.07) is 6.05. The number of likely N-dealkylation sites (N-methyl/N-ethyl adjacent to an activating group) is 1. The highest BCUT2D eigenvalue weighted by molar-refractivity contribution is 5.83. The van der Waals surface area contributed by atoms with Crippen molar-refractivity contribution in [3.8, 4) is 0 Å². The second kappa shape index (κ2) is 8.54. The molecule has 1 heterocycles. The second-order valence-corrected chi connectivity index (χ2v) is 7.15. The molecule has 0 bridgehead atoms. The molecule has 3 rings (SSSR count). The number of aromatic nitrogens is 1. The molecule has 142 valence electrons. The van der Waals surface area contributed by atoms with Crippen LogP contribution in [0, 0.1) is 5.82 Å². The van der Waals surface area contributed by atoms with Gasteiger partial charge in [-0.1, -0.05) is 0 Å². The third kappa shape index (κ3) is 4.75. The van der Waals surface area contributed by atoms with Gasteiger partial charge in [0.05, 0.1) is 6.54 Å². The molecule has 1 aliphatic carbocycles. The van der Waals surface area contributed by atoms with Crippen molar-refractivity contribution in [1.29, 1.82) is 0 Å². The fourth-order valence-corrected chi connectivity index (χ4v) is 3.21. The molecule has 0 saturated heterocycles. The molecule has 0 spiro atoms. The number of hydrogen-bond donors (Lipinski definition) is 3. The lowest BCUT2D eigenvalue weighted by Gasteiger charge is -2.23. The second-order valence-electron chi connectivity index (χ2n) is 7.15. The minimum absolute atomic E-state index is 0.199. The van der Waals surface area contributed by atoms with Crippen LogP contribution in [0.4, 0.5) is 4.39 Å². The smallest absolute Gasteiger partial charge is 0.191 e. The molecule has 1 atom stereocenters. The summed E-state index contributed by atoms with van der Waals surface area (Å²) in [6.45, 7) is 6.66. The minimum atomic E-state index is -0.199. The Hall–Kier alpha value is -2.08. The molecule has 0 amide bonds. The molecule has 5 nitrogen and oxygen atoms in total. The number of halogens is 1. The Morgan fingerprint density at radius 3 is 2.92 bits per heavy atom. The molecule has 6 heteroatoms. The van der Waals surface area contributed by atoms with E-state index in [4.69, 9.17) is 4.99 Å². The summed E-state index contributed by atoms with van der Waals surface area (Å²) in [5.74, 6) is 0.643. The lowest BCUT2D eigenvalue weighted by molar-refractivity contribution is 0.253. The van der Waals surface area contributed by atoms with E-state index in [0.29, 0.717) is 6.04 Å². The molecule has 3 N–H and O–H groups in total. The monoisotopic (exact) mass is 359 g/mol. The Kier molecular flexibility index (Phi) is 6.14. The maximum absolute atomic E-state index is 13.5. The number of aromatic amines is 1. The normalized spacial score (nSPS) is 16.3. The van der Waals surface area contributed by atoms with Crippen LogP contribution in [-0.4, -0.2) is 54.6 Å². The molecule has 1 unspecified atom stereocenters. The predicted octanol–water partition coefficient (Wildman–Crippen LogP) is 2.89. The van der Waals surface area contributed by atoms with Gasteiger partial charge in [-0.05, 0) is 63.9 Å². The summed E-state index contributed by atoms with van der Waals surface area (Å²) in [7, 11) is 2.19. The van der Waals surface area contributed by atoms with Crippen molar-refractivity contribution in [2.75, 3.05) is 26.7 Å². The highest BCUT2D eigenvalue weighted by Gasteiger charge is 2.28. The van der Waals surface area contributed by atoms with Gasteiger partial charge in [0.15, 0.2) is 5.96 Å². The van der Waals surface area contributed by atoms with Gasteiger partial charge in [-0.2, -0.15) is 0 Å². The molecular formula is C20H30FN5. The Morgan fingerprint density at radius 1 is 1.38 bits per heavy atom. The fourth-order valence-electron chi connectivity index (χ4n) is 3.21. The number of guanidine groups is 1. The van der Waals surface area contributed by atoms with Gasteiger partial charge < -0.3 is 15.6 Å². The van der Waals surface area contributed by atoms with Crippen molar-refractivity contribution in [3.05, 3.63) is 35.8 Å². The molecule has 1 aromatic heterocycles. The molecule has 1 saturated carbocycles. The fraction of sp³-hybridized carbons (Fsp3) is 0.550. The van der Waals surface area contributed by atoms with E-state index in [2.05, 4.69) is 41.4 Å². The third-order valence-corrected chi connectivity index (χ3v) is 5.09. The van der Waals surface area contributed by atoms with Gasteiger partial charge in [0.25, 0.3) is 0 Å². The van der Waals surface area contributed by atoms with Crippen molar-refractivity contribution in [1.82, 2.24) is 20.5 Å². The average Bonchev–Trinajstić information content (AvgIpc) is 3.41. The number of H-pyrrole nitrogens is 1. The molecular weight excluding hydrogens is 329 g/mol. The Bertz CT molecular complexity index is 750. The lowest BCUT2D eigenvalue weighted by Crippen LogP contribution is -2.40. The zero-order valence-electron chi connectivity index (χ0n) is 16.0. The highest BCUT2D eigenvalue weighted by Crippen LogP contribution is 2.26. The molecule has 1 fully saturated rings. The third-order valence-electron chi connectivity index (χ3n) is 5.09. The van der Waals surface area contributed by atoms with Gasteiger partial charge >= 0.3 is 0 Å². The van der Waals surface area contributed by atoms with Crippen LogP contribution < -0.4 is 10.6 Å². The van der Waals surface area contributed by atoms with E-state index in [1.165, 1.54) is 18.9 Å². The van der Waals surface area contributed by atoms with E-state index in [1.54, 1.807) is 12.1 Å². The molecule has 0 radical (unpaired) electrons.